The van der Waals surface area contributed by atoms with E-state index in [0.29, 0.717) is 30.0 Å². The summed E-state index contributed by atoms with van der Waals surface area (Å²) in [7, 11) is 1.58. The Morgan fingerprint density at radius 2 is 2.12 bits per heavy atom. The lowest BCUT2D eigenvalue weighted by atomic mass is 10.1. The van der Waals surface area contributed by atoms with Crippen LogP contribution in [0.15, 0.2) is 12.1 Å². The first-order valence-corrected chi connectivity index (χ1v) is 5.73. The molecule has 0 atom stereocenters. The maximum absolute atomic E-state index is 5.79. The SMILES string of the molecule is COc1ccc(N)c(OCC2CCCC2)n1. The Labute approximate surface area is 95.8 Å². The zero-order valence-electron chi connectivity index (χ0n) is 9.61. The molecule has 1 aliphatic rings. The second-order valence-electron chi connectivity index (χ2n) is 4.21. The summed E-state index contributed by atoms with van der Waals surface area (Å²) in [6, 6.07) is 3.49. The van der Waals surface area contributed by atoms with Crippen molar-refractivity contribution in [3.8, 4) is 11.8 Å². The summed E-state index contributed by atoms with van der Waals surface area (Å²) in [5, 5.41) is 0. The fourth-order valence-electron chi connectivity index (χ4n) is 2.04. The third-order valence-electron chi connectivity index (χ3n) is 3.00. The van der Waals surface area contributed by atoms with Crippen molar-refractivity contribution in [2.24, 2.45) is 5.92 Å². The Bertz CT molecular complexity index is 349. The lowest BCUT2D eigenvalue weighted by molar-refractivity contribution is 0.242. The van der Waals surface area contributed by atoms with Gasteiger partial charge in [0.05, 0.1) is 19.4 Å². The van der Waals surface area contributed by atoms with E-state index in [0.717, 1.165) is 0 Å². The van der Waals surface area contributed by atoms with Gasteiger partial charge in [-0.25, -0.2) is 0 Å². The minimum Gasteiger partial charge on any atom is -0.481 e. The quantitative estimate of drug-likeness (QED) is 0.848. The topological polar surface area (TPSA) is 57.4 Å². The second-order valence-corrected chi connectivity index (χ2v) is 4.21. The van der Waals surface area contributed by atoms with E-state index in [9.17, 15) is 0 Å². The molecule has 16 heavy (non-hydrogen) atoms. The smallest absolute Gasteiger partial charge is 0.240 e. The number of pyridine rings is 1. The highest BCUT2D eigenvalue weighted by atomic mass is 16.5. The Balaban J connectivity index is 1.96. The molecule has 0 amide bonds. The first kappa shape index (κ1) is 11.0. The molecular formula is C12H18N2O2. The van der Waals surface area contributed by atoms with Gasteiger partial charge >= 0.3 is 0 Å². The monoisotopic (exact) mass is 222 g/mol. The van der Waals surface area contributed by atoms with Crippen molar-refractivity contribution in [2.75, 3.05) is 19.5 Å². The van der Waals surface area contributed by atoms with Gasteiger partial charge in [-0.05, 0) is 24.8 Å². The van der Waals surface area contributed by atoms with Gasteiger partial charge in [-0.15, -0.1) is 0 Å². The molecule has 0 unspecified atom stereocenters. The van der Waals surface area contributed by atoms with E-state index in [1.165, 1.54) is 25.7 Å². The zero-order chi connectivity index (χ0) is 11.4. The van der Waals surface area contributed by atoms with Crippen molar-refractivity contribution in [3.63, 3.8) is 0 Å². The van der Waals surface area contributed by atoms with Crippen LogP contribution in [0.2, 0.25) is 0 Å². The number of methoxy groups -OCH3 is 1. The van der Waals surface area contributed by atoms with Gasteiger partial charge < -0.3 is 15.2 Å². The summed E-state index contributed by atoms with van der Waals surface area (Å²) in [6.07, 6.45) is 5.14. The lowest BCUT2D eigenvalue weighted by Crippen LogP contribution is -2.10. The highest BCUT2D eigenvalue weighted by Gasteiger charge is 2.16. The highest BCUT2D eigenvalue weighted by molar-refractivity contribution is 5.49. The maximum Gasteiger partial charge on any atom is 0.240 e. The van der Waals surface area contributed by atoms with Crippen LogP contribution in [0.1, 0.15) is 25.7 Å². The number of nitrogen functional groups attached to an aromatic ring is 1. The Kier molecular flexibility index (Phi) is 3.49. The molecule has 88 valence electrons. The average molecular weight is 222 g/mol. The standard InChI is InChI=1S/C12H18N2O2/c1-15-11-7-6-10(13)12(14-11)16-8-9-4-2-3-5-9/h6-7,9H,2-5,8,13H2,1H3. The van der Waals surface area contributed by atoms with E-state index in [4.69, 9.17) is 15.2 Å². The average Bonchev–Trinajstić information content (AvgIpc) is 2.81. The fourth-order valence-corrected chi connectivity index (χ4v) is 2.04. The number of hydrogen-bond donors (Lipinski definition) is 1. The first-order valence-electron chi connectivity index (χ1n) is 5.73. The lowest BCUT2D eigenvalue weighted by Gasteiger charge is -2.12. The highest BCUT2D eigenvalue weighted by Crippen LogP contribution is 2.27. The number of ether oxygens (including phenoxy) is 2. The Hall–Kier alpha value is -1.45. The third-order valence-corrected chi connectivity index (χ3v) is 3.00. The van der Waals surface area contributed by atoms with Crippen LogP contribution in [0.3, 0.4) is 0 Å². The molecule has 2 rings (SSSR count). The fraction of sp³-hybridized carbons (Fsp3) is 0.583. The molecule has 4 heteroatoms. The zero-order valence-corrected chi connectivity index (χ0v) is 9.61. The van der Waals surface area contributed by atoms with E-state index >= 15 is 0 Å². The van der Waals surface area contributed by atoms with Crippen molar-refractivity contribution in [1.82, 2.24) is 4.98 Å². The summed E-state index contributed by atoms with van der Waals surface area (Å²) >= 11 is 0. The van der Waals surface area contributed by atoms with Crippen LogP contribution in [0, 0.1) is 5.92 Å². The number of aromatic nitrogens is 1. The minimum atomic E-state index is 0.492. The van der Waals surface area contributed by atoms with Gasteiger partial charge in [0.25, 0.3) is 0 Å². The molecule has 1 fully saturated rings. The predicted molar refractivity (Wildman–Crippen MR) is 62.7 cm³/mol. The van der Waals surface area contributed by atoms with Crippen molar-refractivity contribution in [2.45, 2.75) is 25.7 Å². The van der Waals surface area contributed by atoms with Crippen LogP contribution in [0.5, 0.6) is 11.8 Å². The van der Waals surface area contributed by atoms with Crippen LogP contribution in [-0.2, 0) is 0 Å². The molecule has 1 aliphatic carbocycles. The van der Waals surface area contributed by atoms with Gasteiger partial charge in [-0.3, -0.25) is 0 Å². The number of hydrogen-bond acceptors (Lipinski definition) is 4. The molecule has 1 heterocycles. The Morgan fingerprint density at radius 3 is 2.81 bits per heavy atom. The number of anilines is 1. The van der Waals surface area contributed by atoms with Crippen LogP contribution in [0.25, 0.3) is 0 Å². The largest absolute Gasteiger partial charge is 0.481 e. The summed E-state index contributed by atoms with van der Waals surface area (Å²) in [5.74, 6) is 1.69. The summed E-state index contributed by atoms with van der Waals surface area (Å²) in [4.78, 5) is 4.18. The van der Waals surface area contributed by atoms with Gasteiger partial charge in [0.15, 0.2) is 0 Å². The van der Waals surface area contributed by atoms with E-state index in [2.05, 4.69) is 4.98 Å². The maximum atomic E-state index is 5.79. The third kappa shape index (κ3) is 2.56. The van der Waals surface area contributed by atoms with E-state index in [1.54, 1.807) is 19.2 Å². The number of rotatable bonds is 4. The van der Waals surface area contributed by atoms with Gasteiger partial charge in [-0.2, -0.15) is 4.98 Å². The van der Waals surface area contributed by atoms with Gasteiger partial charge in [0.2, 0.25) is 11.8 Å². The molecule has 4 nitrogen and oxygen atoms in total. The van der Waals surface area contributed by atoms with Gasteiger partial charge in [0.1, 0.15) is 0 Å². The molecule has 0 aromatic carbocycles. The van der Waals surface area contributed by atoms with E-state index < -0.39 is 0 Å². The summed E-state index contributed by atoms with van der Waals surface area (Å²) < 4.78 is 10.7. The van der Waals surface area contributed by atoms with Crippen molar-refractivity contribution in [3.05, 3.63) is 12.1 Å². The summed E-state index contributed by atoms with van der Waals surface area (Å²) in [6.45, 7) is 0.713. The Morgan fingerprint density at radius 1 is 1.38 bits per heavy atom. The molecule has 0 spiro atoms. The molecule has 0 bridgehead atoms. The van der Waals surface area contributed by atoms with Crippen LogP contribution < -0.4 is 15.2 Å². The molecule has 2 N–H and O–H groups in total. The van der Waals surface area contributed by atoms with E-state index in [1.807, 2.05) is 0 Å². The summed E-state index contributed by atoms with van der Waals surface area (Å²) in [5.41, 5.74) is 6.35. The minimum absolute atomic E-state index is 0.492. The second kappa shape index (κ2) is 5.05. The predicted octanol–water partition coefficient (Wildman–Crippen LogP) is 2.24. The van der Waals surface area contributed by atoms with Crippen molar-refractivity contribution < 1.29 is 9.47 Å². The van der Waals surface area contributed by atoms with Gasteiger partial charge in [0, 0.05) is 6.07 Å². The molecule has 0 saturated heterocycles. The van der Waals surface area contributed by atoms with E-state index in [-0.39, 0.29) is 0 Å². The van der Waals surface area contributed by atoms with Crippen LogP contribution >= 0.6 is 0 Å². The molecule has 1 aromatic rings. The van der Waals surface area contributed by atoms with Gasteiger partial charge in [-0.1, -0.05) is 12.8 Å². The van der Waals surface area contributed by atoms with Crippen molar-refractivity contribution in [1.29, 1.82) is 0 Å². The molecule has 1 aromatic heterocycles. The van der Waals surface area contributed by atoms with Crippen LogP contribution in [-0.4, -0.2) is 18.7 Å². The molecule has 0 aliphatic heterocycles. The number of nitrogens with zero attached hydrogens (tertiary/aromatic N) is 1. The molecule has 1 saturated carbocycles. The first-order chi connectivity index (χ1) is 7.79. The molecule has 0 radical (unpaired) electrons. The normalized spacial score (nSPS) is 16.3. The molecular weight excluding hydrogens is 204 g/mol. The number of nitrogens with two attached hydrogens (primary N) is 1. The van der Waals surface area contributed by atoms with Crippen molar-refractivity contribution >= 4 is 5.69 Å². The van der Waals surface area contributed by atoms with Crippen LogP contribution in [0.4, 0.5) is 5.69 Å².